The van der Waals surface area contributed by atoms with Gasteiger partial charge in [0.05, 0.1) is 17.7 Å². The zero-order valence-corrected chi connectivity index (χ0v) is 13.6. The lowest BCUT2D eigenvalue weighted by Gasteiger charge is -2.13. The molecule has 0 fully saturated rings. The summed E-state index contributed by atoms with van der Waals surface area (Å²) in [6.45, 7) is 2.03. The van der Waals surface area contributed by atoms with Crippen LogP contribution in [0, 0.1) is 0 Å². The van der Waals surface area contributed by atoms with Gasteiger partial charge in [-0.05, 0) is 25.0 Å². The molecule has 0 aliphatic carbocycles. The van der Waals surface area contributed by atoms with Gasteiger partial charge in [-0.1, -0.05) is 40.9 Å². The second kappa shape index (κ2) is 8.29. The second-order valence-corrected chi connectivity index (χ2v) is 5.82. The van der Waals surface area contributed by atoms with E-state index in [2.05, 4.69) is 15.9 Å². The molecule has 21 heavy (non-hydrogen) atoms. The van der Waals surface area contributed by atoms with Gasteiger partial charge in [0.1, 0.15) is 0 Å². The number of hydrogen-bond donors (Lipinski definition) is 0. The maximum Gasteiger partial charge on any atom is 0.261 e. The quantitative estimate of drug-likeness (QED) is 0.389. The largest absolute Gasteiger partial charge is 0.381 e. The molecule has 0 N–H and O–H groups in total. The summed E-state index contributed by atoms with van der Waals surface area (Å²) in [5.74, 6) is -0.312. The third kappa shape index (κ3) is 4.14. The van der Waals surface area contributed by atoms with Crippen LogP contribution >= 0.6 is 15.9 Å². The summed E-state index contributed by atoms with van der Waals surface area (Å²) in [4.78, 5) is 25.6. The SMILES string of the molecule is O=C1c2ccccc2C(=O)N1CCCCCCOCCBr. The molecular formula is C16H20BrNO3. The lowest BCUT2D eigenvalue weighted by Crippen LogP contribution is -2.30. The fourth-order valence-electron chi connectivity index (χ4n) is 2.43. The molecule has 114 valence electrons. The van der Waals surface area contributed by atoms with Gasteiger partial charge in [0, 0.05) is 18.5 Å². The predicted octanol–water partition coefficient (Wildman–Crippen LogP) is 3.25. The molecule has 0 unspecified atom stereocenters. The van der Waals surface area contributed by atoms with Crippen molar-refractivity contribution in [3.05, 3.63) is 35.4 Å². The molecule has 0 spiro atoms. The van der Waals surface area contributed by atoms with Crippen molar-refractivity contribution in [2.75, 3.05) is 25.1 Å². The van der Waals surface area contributed by atoms with Crippen LogP contribution < -0.4 is 0 Å². The summed E-state index contributed by atoms with van der Waals surface area (Å²) < 4.78 is 5.37. The van der Waals surface area contributed by atoms with Gasteiger partial charge in [-0.25, -0.2) is 0 Å². The highest BCUT2D eigenvalue weighted by Gasteiger charge is 2.34. The van der Waals surface area contributed by atoms with Gasteiger partial charge in [0.2, 0.25) is 0 Å². The Morgan fingerprint density at radius 1 is 0.905 bits per heavy atom. The van der Waals surface area contributed by atoms with Gasteiger partial charge in [0.25, 0.3) is 11.8 Å². The van der Waals surface area contributed by atoms with Crippen LogP contribution in [-0.4, -0.2) is 41.8 Å². The Kier molecular flexibility index (Phi) is 6.39. The molecule has 0 bridgehead atoms. The average molecular weight is 354 g/mol. The maximum absolute atomic E-state index is 12.1. The number of unbranched alkanes of at least 4 members (excludes halogenated alkanes) is 3. The van der Waals surface area contributed by atoms with E-state index in [1.165, 1.54) is 4.90 Å². The van der Waals surface area contributed by atoms with E-state index in [0.29, 0.717) is 17.7 Å². The third-order valence-corrected chi connectivity index (χ3v) is 3.84. The third-order valence-electron chi connectivity index (χ3n) is 3.52. The van der Waals surface area contributed by atoms with Crippen molar-refractivity contribution in [3.63, 3.8) is 0 Å². The molecule has 0 radical (unpaired) electrons. The molecule has 0 atom stereocenters. The lowest BCUT2D eigenvalue weighted by molar-refractivity contribution is 0.0651. The molecule has 1 aliphatic rings. The van der Waals surface area contributed by atoms with Crippen molar-refractivity contribution in [1.29, 1.82) is 0 Å². The summed E-state index contributed by atoms with van der Waals surface area (Å²) in [5, 5.41) is 0.868. The number of imide groups is 1. The summed E-state index contributed by atoms with van der Waals surface area (Å²) in [6.07, 6.45) is 3.94. The summed E-state index contributed by atoms with van der Waals surface area (Å²) in [6, 6.07) is 7.02. The highest BCUT2D eigenvalue weighted by molar-refractivity contribution is 9.09. The number of ether oxygens (including phenoxy) is 1. The molecule has 1 aromatic carbocycles. The minimum Gasteiger partial charge on any atom is -0.381 e. The minimum absolute atomic E-state index is 0.156. The number of benzene rings is 1. The Bertz CT molecular complexity index is 469. The molecule has 0 saturated heterocycles. The molecule has 1 aromatic rings. The first kappa shape index (κ1) is 16.2. The minimum atomic E-state index is -0.156. The van der Waals surface area contributed by atoms with Gasteiger partial charge in [-0.15, -0.1) is 0 Å². The van der Waals surface area contributed by atoms with Crippen molar-refractivity contribution in [1.82, 2.24) is 4.90 Å². The topological polar surface area (TPSA) is 46.6 Å². The number of carbonyl (C=O) groups is 2. The van der Waals surface area contributed by atoms with Crippen LogP contribution in [0.3, 0.4) is 0 Å². The Balaban J connectivity index is 1.69. The van der Waals surface area contributed by atoms with Crippen molar-refractivity contribution in [3.8, 4) is 0 Å². The first-order valence-electron chi connectivity index (χ1n) is 7.34. The standard InChI is InChI=1S/C16H20BrNO3/c17-9-12-21-11-6-2-1-5-10-18-15(19)13-7-3-4-8-14(13)16(18)20/h3-4,7-8H,1-2,5-6,9-12H2. The van der Waals surface area contributed by atoms with Gasteiger partial charge in [0.15, 0.2) is 0 Å². The van der Waals surface area contributed by atoms with E-state index in [1.807, 2.05) is 0 Å². The van der Waals surface area contributed by atoms with E-state index in [-0.39, 0.29) is 11.8 Å². The highest BCUT2D eigenvalue weighted by Crippen LogP contribution is 2.22. The molecule has 1 aliphatic heterocycles. The first-order chi connectivity index (χ1) is 10.3. The smallest absolute Gasteiger partial charge is 0.261 e. The molecular weight excluding hydrogens is 334 g/mol. The van der Waals surface area contributed by atoms with Gasteiger partial charge in [-0.2, -0.15) is 0 Å². The van der Waals surface area contributed by atoms with E-state index >= 15 is 0 Å². The van der Waals surface area contributed by atoms with Crippen molar-refractivity contribution in [2.24, 2.45) is 0 Å². The predicted molar refractivity (Wildman–Crippen MR) is 84.9 cm³/mol. The number of hydrogen-bond acceptors (Lipinski definition) is 3. The molecule has 0 saturated carbocycles. The van der Waals surface area contributed by atoms with E-state index in [9.17, 15) is 9.59 Å². The number of fused-ring (bicyclic) bond motifs is 1. The van der Waals surface area contributed by atoms with Crippen LogP contribution in [0.5, 0.6) is 0 Å². The van der Waals surface area contributed by atoms with Crippen LogP contribution in [0.1, 0.15) is 46.4 Å². The average Bonchev–Trinajstić information content (AvgIpc) is 2.75. The Hall–Kier alpha value is -1.20. The monoisotopic (exact) mass is 353 g/mol. The van der Waals surface area contributed by atoms with E-state index in [0.717, 1.165) is 44.2 Å². The van der Waals surface area contributed by atoms with Gasteiger partial charge < -0.3 is 4.74 Å². The van der Waals surface area contributed by atoms with Crippen LogP contribution in [-0.2, 0) is 4.74 Å². The van der Waals surface area contributed by atoms with E-state index in [1.54, 1.807) is 24.3 Å². The van der Waals surface area contributed by atoms with Crippen LogP contribution in [0.15, 0.2) is 24.3 Å². The van der Waals surface area contributed by atoms with Crippen molar-refractivity contribution >= 4 is 27.7 Å². The Morgan fingerprint density at radius 3 is 2.14 bits per heavy atom. The fraction of sp³-hybridized carbons (Fsp3) is 0.500. The molecule has 2 amide bonds. The highest BCUT2D eigenvalue weighted by atomic mass is 79.9. The normalized spacial score (nSPS) is 13.9. The number of alkyl halides is 1. The molecule has 5 heteroatoms. The van der Waals surface area contributed by atoms with E-state index in [4.69, 9.17) is 4.74 Å². The van der Waals surface area contributed by atoms with Crippen molar-refractivity contribution < 1.29 is 14.3 Å². The van der Waals surface area contributed by atoms with Crippen LogP contribution in [0.2, 0.25) is 0 Å². The summed E-state index contributed by atoms with van der Waals surface area (Å²) in [7, 11) is 0. The number of rotatable bonds is 9. The van der Waals surface area contributed by atoms with E-state index < -0.39 is 0 Å². The number of nitrogens with zero attached hydrogens (tertiary/aromatic N) is 1. The number of amides is 2. The van der Waals surface area contributed by atoms with Crippen LogP contribution in [0.25, 0.3) is 0 Å². The van der Waals surface area contributed by atoms with Gasteiger partial charge in [-0.3, -0.25) is 14.5 Å². The van der Waals surface area contributed by atoms with Crippen molar-refractivity contribution in [2.45, 2.75) is 25.7 Å². The molecule has 2 rings (SSSR count). The Labute approximate surface area is 133 Å². The van der Waals surface area contributed by atoms with Gasteiger partial charge >= 0.3 is 0 Å². The Morgan fingerprint density at radius 2 is 1.52 bits per heavy atom. The lowest BCUT2D eigenvalue weighted by atomic mass is 10.1. The second-order valence-electron chi connectivity index (χ2n) is 5.02. The number of halogens is 1. The van der Waals surface area contributed by atoms with Crippen LogP contribution in [0.4, 0.5) is 0 Å². The zero-order chi connectivity index (χ0) is 15.1. The fourth-order valence-corrected chi connectivity index (χ4v) is 2.66. The number of carbonyl (C=O) groups excluding carboxylic acids is 2. The molecule has 1 heterocycles. The zero-order valence-electron chi connectivity index (χ0n) is 12.0. The summed E-state index contributed by atoms with van der Waals surface area (Å²) in [5.41, 5.74) is 1.07. The maximum atomic E-state index is 12.1. The molecule has 4 nitrogen and oxygen atoms in total. The first-order valence-corrected chi connectivity index (χ1v) is 8.47. The summed E-state index contributed by atoms with van der Waals surface area (Å²) >= 11 is 3.31. The molecule has 0 aromatic heterocycles.